The van der Waals surface area contributed by atoms with Crippen LogP contribution < -0.4 is 29.6 Å². The van der Waals surface area contributed by atoms with Gasteiger partial charge in [-0.3, -0.25) is 4.31 Å². The third kappa shape index (κ3) is 3.45. The van der Waals surface area contributed by atoms with Crippen LogP contribution in [0.4, 0.5) is 0 Å². The van der Waals surface area contributed by atoms with E-state index in [9.17, 15) is 16.8 Å². The fraction of sp³-hybridized carbons (Fsp3) is 0.333. The van der Waals surface area contributed by atoms with Crippen LogP contribution in [0.3, 0.4) is 0 Å². The van der Waals surface area contributed by atoms with E-state index in [0.717, 1.165) is 4.31 Å². The maximum Gasteiger partial charge on any atom is 1.00 e. The van der Waals surface area contributed by atoms with Gasteiger partial charge >= 0.3 is 29.6 Å². The van der Waals surface area contributed by atoms with Gasteiger partial charge < -0.3 is 9.88 Å². The molecule has 0 radical (unpaired) electrons. The number of thiophene rings is 1. The molecule has 11 heteroatoms. The molecule has 1 aliphatic rings. The molecule has 0 atom stereocenters. The zero-order valence-corrected chi connectivity index (χ0v) is 15.3. The summed E-state index contributed by atoms with van der Waals surface area (Å²) in [6.07, 6.45) is 2.88. The Kier molecular flexibility index (Phi) is 5.83. The minimum absolute atomic E-state index is 0. The number of hydrogen-bond acceptors (Lipinski definition) is 6. The minimum Gasteiger partial charge on any atom is -0.559 e. The molecule has 0 unspecified atom stereocenters. The molecule has 1 aliphatic heterocycles. The molecular weight excluding hydrogens is 335 g/mol. The van der Waals surface area contributed by atoms with Gasteiger partial charge in [-0.2, -0.15) is 0 Å². The Morgan fingerprint density at radius 1 is 1.45 bits per heavy atom. The van der Waals surface area contributed by atoms with E-state index in [-0.39, 0.29) is 51.1 Å². The molecule has 1 aromatic rings. The van der Waals surface area contributed by atoms with Crippen LogP contribution in [-0.4, -0.2) is 41.4 Å². The van der Waals surface area contributed by atoms with Crippen molar-refractivity contribution in [2.75, 3.05) is 20.3 Å². The van der Waals surface area contributed by atoms with E-state index < -0.39 is 20.0 Å². The van der Waals surface area contributed by atoms with Crippen LogP contribution in [0, 0.1) is 0 Å². The molecule has 1 aromatic heterocycles. The van der Waals surface area contributed by atoms with Crippen molar-refractivity contribution in [1.82, 2.24) is 4.31 Å². The quantitative estimate of drug-likeness (QED) is 0.593. The van der Waals surface area contributed by atoms with Crippen molar-refractivity contribution < 1.29 is 51.1 Å². The summed E-state index contributed by atoms with van der Waals surface area (Å²) in [5, 5.41) is 6.97. The summed E-state index contributed by atoms with van der Waals surface area (Å²) in [6.45, 7) is 0.378. The number of rotatable bonds is 4. The first kappa shape index (κ1) is 18.1. The standard InChI is InChI=1S/C9H11N2O5S3.Na/c1-16-5-4-11-3-2-7-6-8(18(10,12)13)17-9(7)19(11,14)15;/h2-3,6H,4-5H2,1H3,(H-,10,12,13);/q-1;+1. The summed E-state index contributed by atoms with van der Waals surface area (Å²) in [5.41, 5.74) is 0.296. The molecule has 0 spiro atoms. The van der Waals surface area contributed by atoms with E-state index in [1.54, 1.807) is 0 Å². The van der Waals surface area contributed by atoms with E-state index in [4.69, 9.17) is 9.88 Å². The van der Waals surface area contributed by atoms with Crippen molar-refractivity contribution >= 4 is 37.5 Å². The molecule has 1 N–H and O–H groups in total. The van der Waals surface area contributed by atoms with E-state index in [1.807, 2.05) is 0 Å². The first-order valence-corrected chi connectivity index (χ1v) is 8.83. The summed E-state index contributed by atoms with van der Waals surface area (Å²) >= 11 is 0.589. The van der Waals surface area contributed by atoms with Gasteiger partial charge in [0.1, 0.15) is 18.4 Å². The number of hydrogen-bond donors (Lipinski definition) is 0. The van der Waals surface area contributed by atoms with Crippen molar-refractivity contribution in [1.29, 1.82) is 0 Å². The van der Waals surface area contributed by atoms with Crippen molar-refractivity contribution in [2.45, 2.75) is 8.42 Å². The molecule has 0 aromatic carbocycles. The summed E-state index contributed by atoms with van der Waals surface area (Å²) in [4.78, 5) is 0. The van der Waals surface area contributed by atoms with Gasteiger partial charge in [-0.1, -0.05) is 0 Å². The molecule has 106 valence electrons. The van der Waals surface area contributed by atoms with E-state index in [0.29, 0.717) is 16.9 Å². The second-order valence-corrected chi connectivity index (χ2v) is 8.58. The first-order chi connectivity index (χ1) is 8.76. The van der Waals surface area contributed by atoms with Crippen LogP contribution in [0.15, 0.2) is 20.7 Å². The fourth-order valence-corrected chi connectivity index (χ4v) is 5.44. The topological polar surface area (TPSA) is 105 Å². The molecule has 0 bridgehead atoms. The number of ether oxygens (including phenoxy) is 1. The van der Waals surface area contributed by atoms with Crippen LogP contribution in [0.25, 0.3) is 11.2 Å². The molecule has 20 heavy (non-hydrogen) atoms. The third-order valence-corrected chi connectivity index (χ3v) is 7.25. The van der Waals surface area contributed by atoms with Gasteiger partial charge in [0.05, 0.1) is 13.2 Å². The fourth-order valence-electron chi connectivity index (χ4n) is 1.54. The predicted molar refractivity (Wildman–Crippen MR) is 70.6 cm³/mol. The second-order valence-electron chi connectivity index (χ2n) is 3.74. The third-order valence-electron chi connectivity index (χ3n) is 2.45. The smallest absolute Gasteiger partial charge is 0.559 e. The average molecular weight is 346 g/mol. The summed E-state index contributed by atoms with van der Waals surface area (Å²) < 4.78 is 52.3. The zero-order chi connectivity index (χ0) is 14.3. The van der Waals surface area contributed by atoms with Gasteiger partial charge in [0.15, 0.2) is 0 Å². The van der Waals surface area contributed by atoms with Crippen molar-refractivity contribution in [3.63, 3.8) is 0 Å². The van der Waals surface area contributed by atoms with Gasteiger partial charge in [0, 0.05) is 18.9 Å². The first-order valence-electron chi connectivity index (χ1n) is 5.09. The SMILES string of the molecule is COCCN1C=Cc2cc(S([NH-])(=O)=O)sc2S1(=O)=O.[Na+]. The number of methoxy groups -OCH3 is 1. The maximum atomic E-state index is 12.2. The minimum atomic E-state index is -4.15. The number of sulfonamides is 2. The van der Waals surface area contributed by atoms with Gasteiger partial charge in [-0.15, -0.1) is 11.3 Å². The normalized spacial score (nSPS) is 16.6. The summed E-state index contributed by atoms with van der Waals surface area (Å²) in [6, 6.07) is 1.20. The molecule has 0 amide bonds. The van der Waals surface area contributed by atoms with E-state index in [2.05, 4.69) is 0 Å². The summed E-state index contributed by atoms with van der Waals surface area (Å²) in [5.74, 6) is 0. The van der Waals surface area contributed by atoms with Gasteiger partial charge in [-0.25, -0.2) is 16.8 Å². The monoisotopic (exact) mass is 346 g/mol. The molecule has 0 aliphatic carbocycles. The van der Waals surface area contributed by atoms with E-state index >= 15 is 0 Å². The van der Waals surface area contributed by atoms with Gasteiger partial charge in [-0.05, 0) is 12.1 Å². The van der Waals surface area contributed by atoms with Crippen LogP contribution >= 0.6 is 11.3 Å². The Bertz CT molecular complexity index is 723. The number of nitrogens with one attached hydrogen (secondary N) is 1. The largest absolute Gasteiger partial charge is 1.00 e. The van der Waals surface area contributed by atoms with E-state index in [1.165, 1.54) is 25.5 Å². The maximum absolute atomic E-state index is 12.2. The van der Waals surface area contributed by atoms with Gasteiger partial charge in [0.2, 0.25) is 0 Å². The Morgan fingerprint density at radius 2 is 2.10 bits per heavy atom. The Morgan fingerprint density at radius 3 is 2.65 bits per heavy atom. The average Bonchev–Trinajstić information content (AvgIpc) is 2.73. The number of nitrogens with zero attached hydrogens (tertiary/aromatic N) is 1. The molecule has 2 heterocycles. The molecular formula is C9H11N2NaO5S3. The molecule has 0 fully saturated rings. The summed E-state index contributed by atoms with van der Waals surface area (Å²) in [7, 11) is -6.45. The zero-order valence-electron chi connectivity index (χ0n) is 10.9. The molecule has 2 rings (SSSR count). The van der Waals surface area contributed by atoms with Crippen molar-refractivity contribution in [3.05, 3.63) is 23.0 Å². The van der Waals surface area contributed by atoms with Crippen LogP contribution in [0.2, 0.25) is 0 Å². The van der Waals surface area contributed by atoms with Crippen molar-refractivity contribution in [3.8, 4) is 0 Å². The molecule has 7 nitrogen and oxygen atoms in total. The van der Waals surface area contributed by atoms with Gasteiger partial charge in [0.25, 0.3) is 10.0 Å². The number of fused-ring (bicyclic) bond motifs is 1. The van der Waals surface area contributed by atoms with Crippen LogP contribution in [-0.2, 0) is 24.8 Å². The Balaban J connectivity index is 0.00000200. The predicted octanol–water partition coefficient (Wildman–Crippen LogP) is -1.89. The van der Waals surface area contributed by atoms with Crippen LogP contribution in [0.5, 0.6) is 0 Å². The second kappa shape index (κ2) is 6.44. The van der Waals surface area contributed by atoms with Crippen LogP contribution in [0.1, 0.15) is 5.56 Å². The molecule has 0 saturated carbocycles. The Hall–Kier alpha value is 0.0600. The molecule has 0 saturated heterocycles. The van der Waals surface area contributed by atoms with Crippen molar-refractivity contribution in [2.24, 2.45) is 0 Å². The Labute approximate surface area is 143 Å².